The lowest BCUT2D eigenvalue weighted by Crippen LogP contribution is -2.31. The lowest BCUT2D eigenvalue weighted by Gasteiger charge is -2.17. The zero-order valence-electron chi connectivity index (χ0n) is 16.5. The van der Waals surface area contributed by atoms with Gasteiger partial charge in [0, 0.05) is 11.0 Å². The molecule has 6 heteroatoms. The predicted molar refractivity (Wildman–Crippen MR) is 118 cm³/mol. The van der Waals surface area contributed by atoms with Crippen LogP contribution in [0.15, 0.2) is 88.7 Å². The molecule has 1 aliphatic rings. The van der Waals surface area contributed by atoms with Gasteiger partial charge >= 0.3 is 0 Å². The molecule has 0 unspecified atom stereocenters. The quantitative estimate of drug-likeness (QED) is 0.540. The van der Waals surface area contributed by atoms with Gasteiger partial charge in [-0.15, -0.1) is 0 Å². The van der Waals surface area contributed by atoms with Crippen LogP contribution in [0.4, 0.5) is 5.69 Å². The van der Waals surface area contributed by atoms with Crippen LogP contribution in [0, 0.1) is 0 Å². The minimum absolute atomic E-state index is 0.361. The van der Waals surface area contributed by atoms with E-state index in [0.717, 1.165) is 4.90 Å². The van der Waals surface area contributed by atoms with E-state index in [-0.39, 0.29) is 11.8 Å². The second-order valence-electron chi connectivity index (χ2n) is 6.47. The molecule has 0 saturated carbocycles. The van der Waals surface area contributed by atoms with Gasteiger partial charge in [0.2, 0.25) is 0 Å². The molecule has 0 N–H and O–H groups in total. The second kappa shape index (κ2) is 8.47. The number of hydrogen-bond acceptors (Lipinski definition) is 5. The molecule has 0 radical (unpaired) electrons. The van der Waals surface area contributed by atoms with Crippen LogP contribution in [0.2, 0.25) is 0 Å². The Labute approximate surface area is 178 Å². The monoisotopic (exact) mass is 417 g/mol. The number of carbonyl (C=O) groups is 2. The molecule has 5 nitrogen and oxygen atoms in total. The van der Waals surface area contributed by atoms with E-state index < -0.39 is 0 Å². The Kier molecular flexibility index (Phi) is 5.59. The number of imide groups is 1. The minimum Gasteiger partial charge on any atom is -0.493 e. The largest absolute Gasteiger partial charge is 0.493 e. The number of ether oxygens (including phenoxy) is 2. The summed E-state index contributed by atoms with van der Waals surface area (Å²) in [5, 5.41) is 0. The highest BCUT2D eigenvalue weighted by Crippen LogP contribution is 2.42. The number of carbonyl (C=O) groups excluding carboxylic acids is 2. The first-order valence-corrected chi connectivity index (χ1v) is 10.1. The maximum absolute atomic E-state index is 13.4. The molecular formula is C24H19NO4S. The Hall–Kier alpha value is -3.51. The third kappa shape index (κ3) is 3.57. The molecule has 0 fully saturated rings. The molecule has 30 heavy (non-hydrogen) atoms. The van der Waals surface area contributed by atoms with E-state index in [1.807, 2.05) is 60.7 Å². The number of nitrogens with zero attached hydrogens (tertiary/aromatic N) is 1. The number of anilines is 1. The van der Waals surface area contributed by atoms with Gasteiger partial charge in [-0.1, -0.05) is 60.3 Å². The lowest BCUT2D eigenvalue weighted by atomic mass is 10.1. The average Bonchev–Trinajstić information content (AvgIpc) is 3.03. The molecule has 0 aromatic heterocycles. The zero-order valence-corrected chi connectivity index (χ0v) is 17.3. The van der Waals surface area contributed by atoms with Crippen molar-refractivity contribution in [3.05, 3.63) is 89.3 Å². The van der Waals surface area contributed by atoms with E-state index in [1.54, 1.807) is 18.2 Å². The third-order valence-corrected chi connectivity index (χ3v) is 5.78. The van der Waals surface area contributed by atoms with Gasteiger partial charge in [0.1, 0.15) is 0 Å². The van der Waals surface area contributed by atoms with E-state index in [2.05, 4.69) is 0 Å². The summed E-state index contributed by atoms with van der Waals surface area (Å²) in [4.78, 5) is 29.3. The van der Waals surface area contributed by atoms with Gasteiger partial charge in [-0.3, -0.25) is 9.59 Å². The fourth-order valence-corrected chi connectivity index (χ4v) is 4.28. The van der Waals surface area contributed by atoms with Crippen molar-refractivity contribution < 1.29 is 19.1 Å². The summed E-state index contributed by atoms with van der Waals surface area (Å²) in [6.45, 7) is 0. The maximum Gasteiger partial charge on any atom is 0.272 e. The standard InChI is InChI=1S/C24H19NO4S/c1-28-19-14-13-17(15-20(19)29-2)25-23(26)21(16-9-5-3-6-10-16)22(24(25)27)30-18-11-7-4-8-12-18/h3-15H,1-2H3. The third-order valence-electron chi connectivity index (χ3n) is 4.69. The summed E-state index contributed by atoms with van der Waals surface area (Å²) in [5.74, 6) is 0.244. The Morgan fingerprint density at radius 1 is 0.733 bits per heavy atom. The number of amides is 2. The molecule has 0 spiro atoms. The van der Waals surface area contributed by atoms with E-state index >= 15 is 0 Å². The van der Waals surface area contributed by atoms with Crippen LogP contribution in [0.3, 0.4) is 0 Å². The van der Waals surface area contributed by atoms with Crippen molar-refractivity contribution in [3.8, 4) is 11.5 Å². The fraction of sp³-hybridized carbons (Fsp3) is 0.0833. The molecule has 4 rings (SSSR count). The first kappa shape index (κ1) is 19.8. The predicted octanol–water partition coefficient (Wildman–Crippen LogP) is 4.78. The summed E-state index contributed by atoms with van der Waals surface area (Å²) in [6, 6.07) is 23.8. The highest BCUT2D eigenvalue weighted by atomic mass is 32.2. The van der Waals surface area contributed by atoms with Crippen molar-refractivity contribution in [2.75, 3.05) is 19.1 Å². The Bertz CT molecular complexity index is 1130. The molecule has 2 amide bonds. The van der Waals surface area contributed by atoms with Gasteiger partial charge in [0.15, 0.2) is 11.5 Å². The van der Waals surface area contributed by atoms with Crippen LogP contribution in [0.1, 0.15) is 5.56 Å². The molecule has 1 aliphatic heterocycles. The maximum atomic E-state index is 13.4. The summed E-state index contributed by atoms with van der Waals surface area (Å²) >= 11 is 1.29. The van der Waals surface area contributed by atoms with Gasteiger partial charge in [-0.2, -0.15) is 0 Å². The highest BCUT2D eigenvalue weighted by molar-refractivity contribution is 8.04. The topological polar surface area (TPSA) is 55.8 Å². The highest BCUT2D eigenvalue weighted by Gasteiger charge is 2.40. The minimum atomic E-state index is -0.364. The van der Waals surface area contributed by atoms with Crippen LogP contribution in [-0.2, 0) is 9.59 Å². The Balaban J connectivity index is 1.80. The number of rotatable bonds is 6. The Morgan fingerprint density at radius 2 is 1.37 bits per heavy atom. The molecule has 0 atom stereocenters. The van der Waals surface area contributed by atoms with E-state index in [1.165, 1.54) is 30.9 Å². The lowest BCUT2D eigenvalue weighted by molar-refractivity contribution is -0.119. The summed E-state index contributed by atoms with van der Waals surface area (Å²) in [5.41, 5.74) is 1.53. The molecule has 0 bridgehead atoms. The average molecular weight is 417 g/mol. The normalized spacial score (nSPS) is 13.7. The van der Waals surface area contributed by atoms with Crippen LogP contribution in [0.25, 0.3) is 5.57 Å². The molecule has 3 aromatic carbocycles. The molecular weight excluding hydrogens is 398 g/mol. The van der Waals surface area contributed by atoms with Crippen LogP contribution in [0.5, 0.6) is 11.5 Å². The first-order chi connectivity index (χ1) is 14.6. The van der Waals surface area contributed by atoms with Crippen molar-refractivity contribution in [1.82, 2.24) is 0 Å². The van der Waals surface area contributed by atoms with Crippen molar-refractivity contribution in [2.45, 2.75) is 4.90 Å². The SMILES string of the molecule is COc1ccc(N2C(=O)C(Sc3ccccc3)=C(c3ccccc3)C2=O)cc1OC. The summed E-state index contributed by atoms with van der Waals surface area (Å²) in [6.07, 6.45) is 0. The zero-order chi connectivity index (χ0) is 21.1. The second-order valence-corrected chi connectivity index (χ2v) is 7.55. The molecule has 1 heterocycles. The van der Waals surface area contributed by atoms with E-state index in [4.69, 9.17) is 9.47 Å². The van der Waals surface area contributed by atoms with E-state index in [0.29, 0.717) is 33.2 Å². The van der Waals surface area contributed by atoms with Crippen molar-refractivity contribution >= 4 is 34.8 Å². The van der Waals surface area contributed by atoms with Crippen LogP contribution >= 0.6 is 11.8 Å². The summed E-state index contributed by atoms with van der Waals surface area (Å²) < 4.78 is 10.6. The van der Waals surface area contributed by atoms with Gasteiger partial charge in [-0.25, -0.2) is 4.90 Å². The molecule has 3 aromatic rings. The van der Waals surface area contributed by atoms with Gasteiger partial charge in [-0.05, 0) is 29.8 Å². The van der Waals surface area contributed by atoms with E-state index in [9.17, 15) is 9.59 Å². The van der Waals surface area contributed by atoms with Crippen molar-refractivity contribution in [2.24, 2.45) is 0 Å². The smallest absolute Gasteiger partial charge is 0.272 e. The number of hydrogen-bond donors (Lipinski definition) is 0. The van der Waals surface area contributed by atoms with Crippen molar-refractivity contribution in [3.63, 3.8) is 0 Å². The van der Waals surface area contributed by atoms with Crippen LogP contribution < -0.4 is 14.4 Å². The van der Waals surface area contributed by atoms with Crippen LogP contribution in [-0.4, -0.2) is 26.0 Å². The van der Waals surface area contributed by atoms with Gasteiger partial charge < -0.3 is 9.47 Å². The molecule has 150 valence electrons. The number of thioether (sulfide) groups is 1. The first-order valence-electron chi connectivity index (χ1n) is 9.27. The van der Waals surface area contributed by atoms with Crippen molar-refractivity contribution in [1.29, 1.82) is 0 Å². The Morgan fingerprint density at radius 3 is 2.00 bits per heavy atom. The molecule has 0 aliphatic carbocycles. The number of methoxy groups -OCH3 is 2. The fourth-order valence-electron chi connectivity index (χ4n) is 3.27. The van der Waals surface area contributed by atoms with Gasteiger partial charge in [0.05, 0.1) is 30.4 Å². The van der Waals surface area contributed by atoms with Gasteiger partial charge in [0.25, 0.3) is 11.8 Å². The number of benzene rings is 3. The molecule has 0 saturated heterocycles. The summed E-state index contributed by atoms with van der Waals surface area (Å²) in [7, 11) is 3.05.